The molecular formula is C14H13BrFNO. The van der Waals surface area contributed by atoms with E-state index in [9.17, 15) is 4.39 Å². The van der Waals surface area contributed by atoms with Crippen molar-refractivity contribution in [1.82, 2.24) is 0 Å². The summed E-state index contributed by atoms with van der Waals surface area (Å²) < 4.78 is 19.8. The fourth-order valence-corrected chi connectivity index (χ4v) is 1.87. The molecule has 2 N–H and O–H groups in total. The minimum atomic E-state index is -0.281. The Morgan fingerprint density at radius 2 is 2.00 bits per heavy atom. The van der Waals surface area contributed by atoms with Crippen molar-refractivity contribution in [2.45, 2.75) is 13.5 Å². The second-order valence-electron chi connectivity index (χ2n) is 4.04. The van der Waals surface area contributed by atoms with E-state index in [1.165, 1.54) is 6.07 Å². The largest absolute Gasteiger partial charge is 0.489 e. The van der Waals surface area contributed by atoms with Crippen LogP contribution in [0.15, 0.2) is 40.9 Å². The molecule has 18 heavy (non-hydrogen) atoms. The van der Waals surface area contributed by atoms with Gasteiger partial charge in [0.15, 0.2) is 0 Å². The molecule has 2 nitrogen and oxygen atoms in total. The molecule has 4 heteroatoms. The van der Waals surface area contributed by atoms with E-state index in [1.54, 1.807) is 24.3 Å². The second-order valence-corrected chi connectivity index (χ2v) is 4.96. The van der Waals surface area contributed by atoms with Crippen molar-refractivity contribution in [1.29, 1.82) is 0 Å². The lowest BCUT2D eigenvalue weighted by Crippen LogP contribution is -1.99. The molecule has 0 aliphatic rings. The molecule has 2 aromatic rings. The fraction of sp³-hybridized carbons (Fsp3) is 0.143. The molecule has 2 rings (SSSR count). The van der Waals surface area contributed by atoms with Gasteiger partial charge in [-0.2, -0.15) is 0 Å². The molecule has 0 bridgehead atoms. The number of ether oxygens (including phenoxy) is 1. The molecule has 94 valence electrons. The van der Waals surface area contributed by atoms with Crippen LogP contribution in [0.1, 0.15) is 11.1 Å². The van der Waals surface area contributed by atoms with Gasteiger partial charge in [-0.3, -0.25) is 0 Å². The Labute approximate surface area is 114 Å². The Morgan fingerprint density at radius 3 is 2.67 bits per heavy atom. The van der Waals surface area contributed by atoms with Gasteiger partial charge in [-0.1, -0.05) is 22.0 Å². The van der Waals surface area contributed by atoms with Gasteiger partial charge in [0.05, 0.1) is 0 Å². The Balaban J connectivity index is 2.09. The summed E-state index contributed by atoms with van der Waals surface area (Å²) in [6.45, 7) is 2.10. The highest BCUT2D eigenvalue weighted by molar-refractivity contribution is 9.10. The highest BCUT2D eigenvalue weighted by Crippen LogP contribution is 2.21. The van der Waals surface area contributed by atoms with Crippen LogP contribution in [-0.4, -0.2) is 0 Å². The fourth-order valence-electron chi connectivity index (χ4n) is 1.54. The summed E-state index contributed by atoms with van der Waals surface area (Å²) in [5, 5.41) is 0. The maximum Gasteiger partial charge on any atom is 0.130 e. The zero-order chi connectivity index (χ0) is 13.1. The first kappa shape index (κ1) is 12.9. The number of rotatable bonds is 3. The van der Waals surface area contributed by atoms with Crippen LogP contribution in [-0.2, 0) is 6.61 Å². The number of nitrogen functional groups attached to an aromatic ring is 1. The van der Waals surface area contributed by atoms with Crippen LogP contribution in [0.4, 0.5) is 10.1 Å². The summed E-state index contributed by atoms with van der Waals surface area (Å²) in [6.07, 6.45) is 0. The smallest absolute Gasteiger partial charge is 0.130 e. The number of hydrogen-bond donors (Lipinski definition) is 1. The molecule has 0 unspecified atom stereocenters. The lowest BCUT2D eigenvalue weighted by atomic mass is 10.2. The predicted molar refractivity (Wildman–Crippen MR) is 74.0 cm³/mol. The van der Waals surface area contributed by atoms with Gasteiger partial charge in [0, 0.05) is 15.7 Å². The summed E-state index contributed by atoms with van der Waals surface area (Å²) in [7, 11) is 0. The van der Waals surface area contributed by atoms with Gasteiger partial charge < -0.3 is 10.5 Å². The molecule has 0 aliphatic heterocycles. The lowest BCUT2D eigenvalue weighted by Gasteiger charge is -2.09. The highest BCUT2D eigenvalue weighted by Gasteiger charge is 2.04. The van der Waals surface area contributed by atoms with Crippen LogP contribution in [0.2, 0.25) is 0 Å². The number of aryl methyl sites for hydroxylation is 1. The summed E-state index contributed by atoms with van der Waals surface area (Å²) in [6, 6.07) is 10.3. The van der Waals surface area contributed by atoms with Crippen molar-refractivity contribution < 1.29 is 9.13 Å². The van der Waals surface area contributed by atoms with E-state index in [2.05, 4.69) is 15.9 Å². The monoisotopic (exact) mass is 309 g/mol. The van der Waals surface area contributed by atoms with Gasteiger partial charge >= 0.3 is 0 Å². The third-order valence-electron chi connectivity index (χ3n) is 2.65. The van der Waals surface area contributed by atoms with E-state index >= 15 is 0 Å². The van der Waals surface area contributed by atoms with Gasteiger partial charge in [0.2, 0.25) is 0 Å². The molecule has 0 heterocycles. The molecule has 0 amide bonds. The Bertz CT molecular complexity index is 572. The topological polar surface area (TPSA) is 35.2 Å². The van der Waals surface area contributed by atoms with E-state index < -0.39 is 0 Å². The van der Waals surface area contributed by atoms with E-state index in [0.29, 0.717) is 15.8 Å². The summed E-state index contributed by atoms with van der Waals surface area (Å²) in [5.41, 5.74) is 7.90. The number of anilines is 1. The van der Waals surface area contributed by atoms with Crippen molar-refractivity contribution in [2.24, 2.45) is 0 Å². The van der Waals surface area contributed by atoms with Crippen molar-refractivity contribution in [3.05, 3.63) is 57.8 Å². The van der Waals surface area contributed by atoms with Gasteiger partial charge in [0.25, 0.3) is 0 Å². The van der Waals surface area contributed by atoms with Crippen LogP contribution >= 0.6 is 15.9 Å². The van der Waals surface area contributed by atoms with Gasteiger partial charge in [-0.05, 0) is 42.8 Å². The van der Waals surface area contributed by atoms with Crippen molar-refractivity contribution in [3.8, 4) is 5.75 Å². The van der Waals surface area contributed by atoms with Gasteiger partial charge in [-0.15, -0.1) is 0 Å². The number of nitrogens with two attached hydrogens (primary N) is 1. The van der Waals surface area contributed by atoms with Crippen LogP contribution in [0.5, 0.6) is 5.75 Å². The maximum absolute atomic E-state index is 13.6. The summed E-state index contributed by atoms with van der Waals surface area (Å²) >= 11 is 3.22. The molecule has 0 spiro atoms. The molecule has 0 fully saturated rings. The molecule has 0 aromatic heterocycles. The summed E-state index contributed by atoms with van der Waals surface area (Å²) in [4.78, 5) is 0. The predicted octanol–water partition coefficient (Wildman–Crippen LogP) is 4.06. The molecule has 0 atom stereocenters. The Kier molecular flexibility index (Phi) is 3.87. The number of halogens is 2. The van der Waals surface area contributed by atoms with Crippen LogP contribution in [0, 0.1) is 12.7 Å². The standard InChI is InChI=1S/C14H13BrFNO/c1-9-6-12(4-5-14(9)17)18-8-10-2-3-11(15)7-13(10)16/h2-7H,8,17H2,1H3. The maximum atomic E-state index is 13.6. The summed E-state index contributed by atoms with van der Waals surface area (Å²) in [5.74, 6) is 0.403. The van der Waals surface area contributed by atoms with E-state index in [4.69, 9.17) is 10.5 Å². The first-order chi connectivity index (χ1) is 8.56. The van der Waals surface area contributed by atoms with Crippen molar-refractivity contribution in [2.75, 3.05) is 5.73 Å². The normalized spacial score (nSPS) is 10.4. The molecule has 0 saturated carbocycles. The van der Waals surface area contributed by atoms with E-state index in [-0.39, 0.29) is 12.4 Å². The molecular weight excluding hydrogens is 297 g/mol. The van der Waals surface area contributed by atoms with E-state index in [1.807, 2.05) is 13.0 Å². The molecule has 0 saturated heterocycles. The lowest BCUT2D eigenvalue weighted by molar-refractivity contribution is 0.299. The van der Waals surface area contributed by atoms with Crippen molar-refractivity contribution in [3.63, 3.8) is 0 Å². The van der Waals surface area contributed by atoms with E-state index in [0.717, 1.165) is 11.3 Å². The first-order valence-corrected chi connectivity index (χ1v) is 6.28. The van der Waals surface area contributed by atoms with Crippen molar-refractivity contribution >= 4 is 21.6 Å². The van der Waals surface area contributed by atoms with Gasteiger partial charge in [0.1, 0.15) is 18.2 Å². The number of hydrogen-bond acceptors (Lipinski definition) is 2. The molecule has 0 aliphatic carbocycles. The highest BCUT2D eigenvalue weighted by atomic mass is 79.9. The molecule has 0 radical (unpaired) electrons. The third kappa shape index (κ3) is 3.01. The zero-order valence-electron chi connectivity index (χ0n) is 9.91. The average Bonchev–Trinajstić information content (AvgIpc) is 2.32. The van der Waals surface area contributed by atoms with Crippen LogP contribution in [0.3, 0.4) is 0 Å². The van der Waals surface area contributed by atoms with Crippen LogP contribution < -0.4 is 10.5 Å². The Hall–Kier alpha value is -1.55. The quantitative estimate of drug-likeness (QED) is 0.868. The van der Waals surface area contributed by atoms with Crippen LogP contribution in [0.25, 0.3) is 0 Å². The SMILES string of the molecule is Cc1cc(OCc2ccc(Br)cc2F)ccc1N. The first-order valence-electron chi connectivity index (χ1n) is 5.49. The number of benzene rings is 2. The second kappa shape index (κ2) is 5.40. The average molecular weight is 310 g/mol. The Morgan fingerprint density at radius 1 is 1.22 bits per heavy atom. The third-order valence-corrected chi connectivity index (χ3v) is 3.14. The van der Waals surface area contributed by atoms with Gasteiger partial charge in [-0.25, -0.2) is 4.39 Å². The molecule has 2 aromatic carbocycles. The zero-order valence-corrected chi connectivity index (χ0v) is 11.5. The minimum Gasteiger partial charge on any atom is -0.489 e. The minimum absolute atomic E-state index is 0.197.